The number of ether oxygens (including phenoxy) is 1. The first kappa shape index (κ1) is 8.48. The van der Waals surface area contributed by atoms with Gasteiger partial charge in [0.15, 0.2) is 0 Å². The van der Waals surface area contributed by atoms with Crippen LogP contribution in [0.4, 0.5) is 0 Å². The zero-order valence-corrected chi connectivity index (χ0v) is 7.55. The molecular formula is C9H17NO2. The second kappa shape index (κ2) is 2.98. The number of nitrogens with one attached hydrogen (secondary N) is 1. The predicted octanol–water partition coefficient (Wildman–Crippen LogP) is 0.278. The van der Waals surface area contributed by atoms with Gasteiger partial charge in [0, 0.05) is 26.0 Å². The largest absolute Gasteiger partial charge is 0.388 e. The maximum atomic E-state index is 10.1. The summed E-state index contributed by atoms with van der Waals surface area (Å²) >= 11 is 0. The van der Waals surface area contributed by atoms with Crippen molar-refractivity contribution in [3.05, 3.63) is 0 Å². The van der Waals surface area contributed by atoms with Gasteiger partial charge in [0.05, 0.1) is 11.7 Å². The molecule has 1 heterocycles. The van der Waals surface area contributed by atoms with Crippen LogP contribution in [0, 0.1) is 0 Å². The van der Waals surface area contributed by atoms with Gasteiger partial charge in [-0.05, 0) is 19.4 Å². The summed E-state index contributed by atoms with van der Waals surface area (Å²) in [5.41, 5.74) is -0.461. The van der Waals surface area contributed by atoms with E-state index in [-0.39, 0.29) is 6.10 Å². The first-order chi connectivity index (χ1) is 5.74. The minimum absolute atomic E-state index is 0.289. The second-order valence-corrected chi connectivity index (χ2v) is 4.02. The number of methoxy groups -OCH3 is 1. The Morgan fingerprint density at radius 1 is 1.50 bits per heavy atom. The van der Waals surface area contributed by atoms with E-state index in [4.69, 9.17) is 4.74 Å². The van der Waals surface area contributed by atoms with E-state index in [1.165, 1.54) is 6.42 Å². The Bertz CT molecular complexity index is 160. The van der Waals surface area contributed by atoms with Crippen molar-refractivity contribution in [2.45, 2.75) is 43.4 Å². The fourth-order valence-corrected chi connectivity index (χ4v) is 2.32. The van der Waals surface area contributed by atoms with E-state index in [2.05, 4.69) is 5.32 Å². The van der Waals surface area contributed by atoms with Crippen molar-refractivity contribution in [1.82, 2.24) is 5.32 Å². The van der Waals surface area contributed by atoms with Crippen LogP contribution in [0.5, 0.6) is 0 Å². The van der Waals surface area contributed by atoms with Crippen molar-refractivity contribution in [2.24, 2.45) is 0 Å². The lowest BCUT2D eigenvalue weighted by Crippen LogP contribution is -2.58. The van der Waals surface area contributed by atoms with Crippen LogP contribution in [0.25, 0.3) is 0 Å². The monoisotopic (exact) mass is 171 g/mol. The number of hydrogen-bond donors (Lipinski definition) is 2. The molecule has 1 aliphatic heterocycles. The fourth-order valence-electron chi connectivity index (χ4n) is 2.32. The average molecular weight is 171 g/mol. The average Bonchev–Trinajstić information content (AvgIpc) is 2.50. The third kappa shape index (κ3) is 1.26. The molecule has 1 saturated carbocycles. The maximum absolute atomic E-state index is 10.1. The van der Waals surface area contributed by atoms with E-state index in [1.54, 1.807) is 7.11 Å². The molecule has 2 rings (SSSR count). The first-order valence-corrected chi connectivity index (χ1v) is 4.73. The Labute approximate surface area is 73.1 Å². The van der Waals surface area contributed by atoms with Gasteiger partial charge in [-0.15, -0.1) is 0 Å². The van der Waals surface area contributed by atoms with Crippen LogP contribution in [-0.2, 0) is 4.74 Å². The normalized spacial score (nSPS) is 47.5. The van der Waals surface area contributed by atoms with Gasteiger partial charge in [-0.2, -0.15) is 0 Å². The Morgan fingerprint density at radius 3 is 2.75 bits per heavy atom. The first-order valence-electron chi connectivity index (χ1n) is 4.73. The van der Waals surface area contributed by atoms with Gasteiger partial charge >= 0.3 is 0 Å². The van der Waals surface area contributed by atoms with Crippen molar-refractivity contribution >= 4 is 0 Å². The topological polar surface area (TPSA) is 41.5 Å². The van der Waals surface area contributed by atoms with Crippen LogP contribution < -0.4 is 5.32 Å². The molecule has 3 nitrogen and oxygen atoms in total. The van der Waals surface area contributed by atoms with E-state index >= 15 is 0 Å². The van der Waals surface area contributed by atoms with Gasteiger partial charge in [-0.3, -0.25) is 0 Å². The number of rotatable bonds is 2. The molecule has 1 saturated heterocycles. The zero-order valence-electron chi connectivity index (χ0n) is 7.55. The van der Waals surface area contributed by atoms with Crippen LogP contribution in [0.1, 0.15) is 25.7 Å². The molecular weight excluding hydrogens is 154 g/mol. The SMILES string of the molecule is COC1CC(O)(C2CCCN2)C1. The van der Waals surface area contributed by atoms with E-state index < -0.39 is 5.60 Å². The molecule has 12 heavy (non-hydrogen) atoms. The summed E-state index contributed by atoms with van der Waals surface area (Å²) in [6, 6.07) is 0.323. The molecule has 1 atom stereocenters. The van der Waals surface area contributed by atoms with Gasteiger partial charge in [-0.1, -0.05) is 0 Å². The van der Waals surface area contributed by atoms with Gasteiger partial charge in [-0.25, -0.2) is 0 Å². The van der Waals surface area contributed by atoms with Crippen molar-refractivity contribution in [2.75, 3.05) is 13.7 Å². The van der Waals surface area contributed by atoms with Crippen LogP contribution in [0.15, 0.2) is 0 Å². The standard InChI is InChI=1S/C9H17NO2/c1-12-7-5-9(11,6-7)8-3-2-4-10-8/h7-8,10-11H,2-6H2,1H3. The zero-order chi connectivity index (χ0) is 8.60. The summed E-state index contributed by atoms with van der Waals surface area (Å²) < 4.78 is 5.15. The van der Waals surface area contributed by atoms with Crippen molar-refractivity contribution in [3.8, 4) is 0 Å². The van der Waals surface area contributed by atoms with Crippen molar-refractivity contribution in [3.63, 3.8) is 0 Å². The molecule has 0 radical (unpaired) electrons. The highest BCUT2D eigenvalue weighted by Crippen LogP contribution is 2.39. The maximum Gasteiger partial charge on any atom is 0.0849 e. The summed E-state index contributed by atoms with van der Waals surface area (Å²) in [5, 5.41) is 13.4. The van der Waals surface area contributed by atoms with Crippen molar-refractivity contribution in [1.29, 1.82) is 0 Å². The molecule has 0 amide bonds. The molecule has 1 aliphatic carbocycles. The predicted molar refractivity (Wildman–Crippen MR) is 46.0 cm³/mol. The smallest absolute Gasteiger partial charge is 0.0849 e. The van der Waals surface area contributed by atoms with Gasteiger partial charge in [0.25, 0.3) is 0 Å². The van der Waals surface area contributed by atoms with Crippen LogP contribution in [-0.4, -0.2) is 36.5 Å². The molecule has 0 bridgehead atoms. The Morgan fingerprint density at radius 2 is 2.25 bits per heavy atom. The summed E-state index contributed by atoms with van der Waals surface area (Å²) in [4.78, 5) is 0. The summed E-state index contributed by atoms with van der Waals surface area (Å²) in [6.45, 7) is 1.06. The lowest BCUT2D eigenvalue weighted by atomic mass is 9.72. The minimum atomic E-state index is -0.461. The van der Waals surface area contributed by atoms with E-state index in [1.807, 2.05) is 0 Å². The molecule has 0 aromatic carbocycles. The minimum Gasteiger partial charge on any atom is -0.388 e. The van der Waals surface area contributed by atoms with Crippen molar-refractivity contribution < 1.29 is 9.84 Å². The van der Waals surface area contributed by atoms with Crippen LogP contribution in [0.3, 0.4) is 0 Å². The molecule has 2 aliphatic rings. The van der Waals surface area contributed by atoms with Crippen LogP contribution in [0.2, 0.25) is 0 Å². The van der Waals surface area contributed by atoms with E-state index in [0.717, 1.165) is 25.8 Å². The lowest BCUT2D eigenvalue weighted by Gasteiger charge is -2.46. The summed E-state index contributed by atoms with van der Waals surface area (Å²) in [6.07, 6.45) is 4.22. The molecule has 1 unspecified atom stereocenters. The molecule has 2 N–H and O–H groups in total. The quantitative estimate of drug-likeness (QED) is 0.627. The Balaban J connectivity index is 1.87. The van der Waals surface area contributed by atoms with Gasteiger partial charge in [0.2, 0.25) is 0 Å². The molecule has 2 fully saturated rings. The molecule has 0 aromatic rings. The number of aliphatic hydroxyl groups is 1. The third-order valence-corrected chi connectivity index (χ3v) is 3.20. The molecule has 0 aromatic heterocycles. The molecule has 70 valence electrons. The fraction of sp³-hybridized carbons (Fsp3) is 1.00. The highest BCUT2D eigenvalue weighted by atomic mass is 16.5. The summed E-state index contributed by atoms with van der Waals surface area (Å²) in [5.74, 6) is 0. The second-order valence-electron chi connectivity index (χ2n) is 4.02. The molecule has 0 spiro atoms. The Kier molecular flexibility index (Phi) is 2.10. The summed E-state index contributed by atoms with van der Waals surface area (Å²) in [7, 11) is 1.71. The van der Waals surface area contributed by atoms with E-state index in [0.29, 0.717) is 6.04 Å². The molecule has 3 heteroatoms. The van der Waals surface area contributed by atoms with Crippen LogP contribution >= 0.6 is 0 Å². The number of hydrogen-bond acceptors (Lipinski definition) is 3. The third-order valence-electron chi connectivity index (χ3n) is 3.20. The highest BCUT2D eigenvalue weighted by Gasteiger charge is 2.49. The lowest BCUT2D eigenvalue weighted by molar-refractivity contribution is -0.142. The van der Waals surface area contributed by atoms with Gasteiger partial charge in [0.1, 0.15) is 0 Å². The Hall–Kier alpha value is -0.120. The van der Waals surface area contributed by atoms with E-state index in [9.17, 15) is 5.11 Å². The highest BCUT2D eigenvalue weighted by molar-refractivity contribution is 5.04. The van der Waals surface area contributed by atoms with Gasteiger partial charge < -0.3 is 15.2 Å².